The molecule has 1 aromatic rings. The van der Waals surface area contributed by atoms with Crippen LogP contribution in [0.25, 0.3) is 0 Å². The fourth-order valence-corrected chi connectivity index (χ4v) is 3.63. The van der Waals surface area contributed by atoms with E-state index >= 15 is 0 Å². The molecule has 0 aliphatic carbocycles. The summed E-state index contributed by atoms with van der Waals surface area (Å²) in [6.45, 7) is 5.72. The van der Waals surface area contributed by atoms with Crippen LogP contribution in [0.15, 0.2) is 22.8 Å². The molecule has 3 atom stereocenters. The van der Waals surface area contributed by atoms with Gasteiger partial charge >= 0.3 is 6.09 Å². The summed E-state index contributed by atoms with van der Waals surface area (Å²) in [5.41, 5.74) is -0.449. The Morgan fingerprint density at radius 2 is 2.18 bits per heavy atom. The van der Waals surface area contributed by atoms with Gasteiger partial charge in [0.25, 0.3) is 0 Å². The molecule has 1 amide bonds. The molecule has 2 fully saturated rings. The van der Waals surface area contributed by atoms with Crippen LogP contribution in [0.3, 0.4) is 0 Å². The first kappa shape index (κ1) is 15.6. The third-order valence-electron chi connectivity index (χ3n) is 4.20. The van der Waals surface area contributed by atoms with E-state index in [9.17, 15) is 4.79 Å². The second-order valence-electron chi connectivity index (χ2n) is 7.03. The summed E-state index contributed by atoms with van der Waals surface area (Å²) in [5.74, 6) is 0.852. The number of hydrogen-bond donors (Lipinski definition) is 1. The summed E-state index contributed by atoms with van der Waals surface area (Å²) in [5, 5.41) is 3.47. The van der Waals surface area contributed by atoms with E-state index in [-0.39, 0.29) is 24.2 Å². The van der Waals surface area contributed by atoms with Crippen LogP contribution in [-0.4, -0.2) is 39.7 Å². The van der Waals surface area contributed by atoms with Gasteiger partial charge in [-0.3, -0.25) is 0 Å². The summed E-state index contributed by atoms with van der Waals surface area (Å²) in [6, 6.07) is 4.65. The first-order valence-corrected chi connectivity index (χ1v) is 8.52. The summed E-state index contributed by atoms with van der Waals surface area (Å²) in [6.07, 6.45) is 4.64. The van der Waals surface area contributed by atoms with Crippen molar-refractivity contribution in [3.05, 3.63) is 22.8 Å². The van der Waals surface area contributed by atoms with E-state index in [0.717, 1.165) is 29.6 Å². The van der Waals surface area contributed by atoms with Crippen molar-refractivity contribution >= 4 is 27.8 Å². The molecular weight excluding hydrogens is 346 g/mol. The minimum atomic E-state index is -0.449. The number of aromatic nitrogens is 1. The lowest BCUT2D eigenvalue weighted by molar-refractivity contribution is 0.0214. The summed E-state index contributed by atoms with van der Waals surface area (Å²) >= 11 is 3.39. The zero-order chi connectivity index (χ0) is 15.9. The van der Waals surface area contributed by atoms with Gasteiger partial charge in [0.2, 0.25) is 0 Å². The second-order valence-corrected chi connectivity index (χ2v) is 7.95. The Morgan fingerprint density at radius 3 is 2.82 bits per heavy atom. The Morgan fingerprint density at radius 1 is 1.41 bits per heavy atom. The average molecular weight is 368 g/mol. The maximum absolute atomic E-state index is 12.4. The van der Waals surface area contributed by atoms with Crippen molar-refractivity contribution in [2.75, 3.05) is 5.32 Å². The van der Waals surface area contributed by atoms with Crippen molar-refractivity contribution in [1.82, 2.24) is 9.88 Å². The number of halogens is 1. The van der Waals surface area contributed by atoms with E-state index in [1.54, 1.807) is 6.20 Å². The average Bonchev–Trinajstić information content (AvgIpc) is 2.97. The van der Waals surface area contributed by atoms with Crippen molar-refractivity contribution in [1.29, 1.82) is 0 Å². The van der Waals surface area contributed by atoms with E-state index in [2.05, 4.69) is 26.2 Å². The number of carbonyl (C=O) groups excluding carboxylic acids is 1. The van der Waals surface area contributed by atoms with Crippen LogP contribution in [0.1, 0.15) is 40.0 Å². The maximum Gasteiger partial charge on any atom is 0.410 e. The molecule has 2 bridgehead atoms. The van der Waals surface area contributed by atoms with Crippen LogP contribution in [0.4, 0.5) is 10.6 Å². The lowest BCUT2D eigenvalue weighted by atomic mass is 9.95. The third-order valence-corrected chi connectivity index (χ3v) is 4.67. The molecule has 0 radical (unpaired) electrons. The van der Waals surface area contributed by atoms with Crippen molar-refractivity contribution in [3.8, 4) is 0 Å². The summed E-state index contributed by atoms with van der Waals surface area (Å²) in [7, 11) is 0. The molecule has 3 rings (SSSR count). The highest BCUT2D eigenvalue weighted by Crippen LogP contribution is 2.39. The van der Waals surface area contributed by atoms with Crippen LogP contribution in [0.5, 0.6) is 0 Å². The molecule has 2 saturated heterocycles. The Balaban J connectivity index is 1.67. The minimum Gasteiger partial charge on any atom is -0.444 e. The molecule has 3 heterocycles. The van der Waals surface area contributed by atoms with Crippen LogP contribution < -0.4 is 5.32 Å². The number of nitrogens with one attached hydrogen (secondary N) is 1. The van der Waals surface area contributed by atoms with Crippen molar-refractivity contribution in [2.45, 2.75) is 63.8 Å². The highest BCUT2D eigenvalue weighted by atomic mass is 79.9. The SMILES string of the molecule is CC(C)(C)OC(=O)N1[C@@H]2CC[C@H]1[C@H](Nc1ccc(Br)cn1)C2. The Kier molecular flexibility index (Phi) is 4.05. The largest absolute Gasteiger partial charge is 0.444 e. The quantitative estimate of drug-likeness (QED) is 0.863. The molecule has 0 aromatic carbocycles. The number of amides is 1. The van der Waals surface area contributed by atoms with Gasteiger partial charge in [0.15, 0.2) is 0 Å². The van der Waals surface area contributed by atoms with Crippen molar-refractivity contribution < 1.29 is 9.53 Å². The molecular formula is C16H22BrN3O2. The van der Waals surface area contributed by atoms with E-state index in [1.807, 2.05) is 37.8 Å². The number of anilines is 1. The summed E-state index contributed by atoms with van der Waals surface area (Å²) < 4.78 is 6.51. The van der Waals surface area contributed by atoms with Gasteiger partial charge in [-0.05, 0) is 68.1 Å². The molecule has 2 aliphatic rings. The van der Waals surface area contributed by atoms with Gasteiger partial charge in [0.05, 0.1) is 12.1 Å². The number of ether oxygens (including phenoxy) is 1. The number of rotatable bonds is 2. The van der Waals surface area contributed by atoms with Gasteiger partial charge in [-0.25, -0.2) is 9.78 Å². The first-order valence-electron chi connectivity index (χ1n) is 7.73. The van der Waals surface area contributed by atoms with E-state index in [0.29, 0.717) is 0 Å². The molecule has 0 saturated carbocycles. The van der Waals surface area contributed by atoms with Crippen LogP contribution in [0.2, 0.25) is 0 Å². The number of pyridine rings is 1. The fraction of sp³-hybridized carbons (Fsp3) is 0.625. The molecule has 22 heavy (non-hydrogen) atoms. The Hall–Kier alpha value is -1.30. The number of hydrogen-bond acceptors (Lipinski definition) is 4. The predicted molar refractivity (Wildman–Crippen MR) is 88.8 cm³/mol. The normalized spacial score (nSPS) is 27.1. The molecule has 1 N–H and O–H groups in total. The van der Waals surface area contributed by atoms with Crippen LogP contribution in [0, 0.1) is 0 Å². The predicted octanol–water partition coefficient (Wildman–Crippen LogP) is 3.80. The lowest BCUT2D eigenvalue weighted by Gasteiger charge is -2.28. The zero-order valence-electron chi connectivity index (χ0n) is 13.2. The van der Waals surface area contributed by atoms with Crippen molar-refractivity contribution in [3.63, 3.8) is 0 Å². The van der Waals surface area contributed by atoms with E-state index in [4.69, 9.17) is 4.74 Å². The van der Waals surface area contributed by atoms with Gasteiger partial charge in [-0.2, -0.15) is 0 Å². The number of carbonyl (C=O) groups is 1. The monoisotopic (exact) mass is 367 g/mol. The highest BCUT2D eigenvalue weighted by Gasteiger charge is 2.49. The van der Waals surface area contributed by atoms with Crippen molar-refractivity contribution in [2.24, 2.45) is 0 Å². The molecule has 6 heteroatoms. The van der Waals surface area contributed by atoms with Crippen LogP contribution >= 0.6 is 15.9 Å². The Labute approximate surface area is 139 Å². The first-order chi connectivity index (χ1) is 10.3. The zero-order valence-corrected chi connectivity index (χ0v) is 14.8. The minimum absolute atomic E-state index is 0.187. The van der Waals surface area contributed by atoms with Gasteiger partial charge in [0, 0.05) is 16.7 Å². The summed E-state index contributed by atoms with van der Waals surface area (Å²) in [4.78, 5) is 18.7. The second kappa shape index (κ2) is 5.72. The van der Waals surface area contributed by atoms with E-state index < -0.39 is 5.60 Å². The lowest BCUT2D eigenvalue weighted by Crippen LogP contribution is -2.42. The third kappa shape index (κ3) is 3.21. The Bertz CT molecular complexity index is 556. The van der Waals surface area contributed by atoms with E-state index in [1.165, 1.54) is 0 Å². The molecule has 2 aliphatic heterocycles. The standard InChI is InChI=1S/C16H22BrN3O2/c1-16(2,3)22-15(21)20-11-5-6-13(20)12(8-11)19-14-7-4-10(17)9-18-14/h4,7,9,11-13H,5-6,8H2,1-3H3,(H,18,19)/t11-,12-,13+/m1/s1. The molecule has 0 unspecified atom stereocenters. The van der Waals surface area contributed by atoms with Gasteiger partial charge in [-0.1, -0.05) is 0 Å². The smallest absolute Gasteiger partial charge is 0.410 e. The maximum atomic E-state index is 12.4. The molecule has 1 aromatic heterocycles. The number of nitrogens with zero attached hydrogens (tertiary/aromatic N) is 2. The highest BCUT2D eigenvalue weighted by molar-refractivity contribution is 9.10. The topological polar surface area (TPSA) is 54.5 Å². The number of fused-ring (bicyclic) bond motifs is 2. The molecule has 120 valence electrons. The fourth-order valence-electron chi connectivity index (χ4n) is 3.39. The van der Waals surface area contributed by atoms with Gasteiger partial charge < -0.3 is 15.0 Å². The van der Waals surface area contributed by atoms with Gasteiger partial charge in [-0.15, -0.1) is 0 Å². The molecule has 5 nitrogen and oxygen atoms in total. The van der Waals surface area contributed by atoms with Crippen LogP contribution in [-0.2, 0) is 4.74 Å². The van der Waals surface area contributed by atoms with Gasteiger partial charge in [0.1, 0.15) is 11.4 Å². The molecule has 0 spiro atoms.